The van der Waals surface area contributed by atoms with Crippen LogP contribution in [0.1, 0.15) is 33.1 Å². The molecule has 1 heterocycles. The van der Waals surface area contributed by atoms with E-state index in [0.29, 0.717) is 6.42 Å². The Morgan fingerprint density at radius 3 is 2.60 bits per heavy atom. The largest absolute Gasteiger partial charge is 0.368 e. The minimum atomic E-state index is -0.695. The molecule has 0 aromatic heterocycles. The number of hydrogen-bond donors (Lipinski definition) is 3. The Bertz CT molecular complexity index is 286. The summed E-state index contributed by atoms with van der Waals surface area (Å²) in [6, 6.07) is -0.695. The predicted octanol–water partition coefficient (Wildman–Crippen LogP) is -0.506. The molecule has 1 aliphatic carbocycles. The van der Waals surface area contributed by atoms with Gasteiger partial charge in [0.15, 0.2) is 0 Å². The van der Waals surface area contributed by atoms with Gasteiger partial charge in [0.05, 0.1) is 6.04 Å². The Hall–Kier alpha value is -1.10. The zero-order valence-corrected chi connectivity index (χ0v) is 7.95. The second kappa shape index (κ2) is 3.81. The first-order valence-corrected chi connectivity index (χ1v) is 4.89. The van der Waals surface area contributed by atoms with Crippen molar-refractivity contribution >= 4 is 11.8 Å². The third-order valence-corrected chi connectivity index (χ3v) is 3.15. The summed E-state index contributed by atoms with van der Waals surface area (Å²) >= 11 is 0. The van der Waals surface area contributed by atoms with Gasteiger partial charge in [0.2, 0.25) is 11.8 Å². The molecule has 2 fully saturated rings. The van der Waals surface area contributed by atoms with Crippen molar-refractivity contribution in [3.8, 4) is 0 Å². The minimum Gasteiger partial charge on any atom is -0.368 e. The van der Waals surface area contributed by atoms with Crippen LogP contribution in [0.2, 0.25) is 0 Å². The maximum absolute atomic E-state index is 11.5. The second-order valence-electron chi connectivity index (χ2n) is 4.42. The Morgan fingerprint density at radius 2 is 2.20 bits per heavy atom. The van der Waals surface area contributed by atoms with Crippen molar-refractivity contribution in [1.29, 1.82) is 0 Å². The monoisotopic (exact) mass is 213 g/mol. The average Bonchev–Trinajstić information content (AvgIpc) is 2.75. The lowest BCUT2D eigenvalue weighted by atomic mass is 9.96. The van der Waals surface area contributed by atoms with E-state index >= 15 is 0 Å². The summed E-state index contributed by atoms with van der Waals surface area (Å²) in [5.41, 5.74) is 10.6. The first kappa shape index (κ1) is 12.0. The Kier molecular flexibility index (Phi) is 3.04. The summed E-state index contributed by atoms with van der Waals surface area (Å²) in [6.07, 6.45) is 3.30. The van der Waals surface area contributed by atoms with Gasteiger partial charge in [-0.3, -0.25) is 9.59 Å². The van der Waals surface area contributed by atoms with Crippen molar-refractivity contribution in [3.63, 3.8) is 0 Å². The lowest BCUT2D eigenvalue weighted by Gasteiger charge is -2.10. The van der Waals surface area contributed by atoms with Crippen LogP contribution in [0, 0.1) is 5.92 Å². The van der Waals surface area contributed by atoms with Crippen molar-refractivity contribution < 1.29 is 9.59 Å². The van der Waals surface area contributed by atoms with Gasteiger partial charge in [-0.15, -0.1) is 0 Å². The summed E-state index contributed by atoms with van der Waals surface area (Å²) in [7, 11) is 0. The fourth-order valence-corrected chi connectivity index (χ4v) is 2.07. The molecule has 1 unspecified atom stereocenters. The maximum Gasteiger partial charge on any atom is 0.234 e. The van der Waals surface area contributed by atoms with Crippen molar-refractivity contribution in [2.45, 2.75) is 44.7 Å². The van der Waals surface area contributed by atoms with E-state index in [1.165, 1.54) is 0 Å². The molecule has 2 amide bonds. The van der Waals surface area contributed by atoms with Gasteiger partial charge in [0.1, 0.15) is 0 Å². The molecule has 0 aromatic rings. The highest BCUT2D eigenvalue weighted by atomic mass is 16.2. The standard InChI is InChI=1S/C9H15N3O2.CH4/c10-6(7(11)13)3-5-4-9(1-2-9)12-8(5)14;/h5-6H,1-4,10H2,(H2,11,13)(H,12,14);1H4/t5?,6-;/m0./s1. The number of rotatable bonds is 3. The van der Waals surface area contributed by atoms with E-state index in [1.54, 1.807) is 0 Å². The number of amides is 2. The van der Waals surface area contributed by atoms with Gasteiger partial charge >= 0.3 is 0 Å². The van der Waals surface area contributed by atoms with E-state index < -0.39 is 11.9 Å². The molecule has 2 atom stereocenters. The topological polar surface area (TPSA) is 98.2 Å². The molecular weight excluding hydrogens is 194 g/mol. The smallest absolute Gasteiger partial charge is 0.234 e. The van der Waals surface area contributed by atoms with Gasteiger partial charge in [-0.25, -0.2) is 0 Å². The number of nitrogens with one attached hydrogen (secondary N) is 1. The second-order valence-corrected chi connectivity index (χ2v) is 4.42. The molecule has 5 N–H and O–H groups in total. The molecule has 15 heavy (non-hydrogen) atoms. The molecule has 0 bridgehead atoms. The van der Waals surface area contributed by atoms with Crippen LogP contribution in [-0.4, -0.2) is 23.4 Å². The highest BCUT2D eigenvalue weighted by Crippen LogP contribution is 2.46. The van der Waals surface area contributed by atoms with Crippen LogP contribution in [0.15, 0.2) is 0 Å². The summed E-state index contributed by atoms with van der Waals surface area (Å²) in [4.78, 5) is 22.2. The fourth-order valence-electron chi connectivity index (χ4n) is 2.07. The maximum atomic E-state index is 11.5. The third-order valence-electron chi connectivity index (χ3n) is 3.15. The molecular formula is C10H19N3O2. The molecule has 1 aliphatic heterocycles. The number of hydrogen-bond acceptors (Lipinski definition) is 3. The Morgan fingerprint density at radius 1 is 1.60 bits per heavy atom. The van der Waals surface area contributed by atoms with Gasteiger partial charge in [-0.2, -0.15) is 0 Å². The lowest BCUT2D eigenvalue weighted by molar-refractivity contribution is -0.123. The number of primary amides is 1. The molecule has 5 nitrogen and oxygen atoms in total. The van der Waals surface area contributed by atoms with Crippen molar-refractivity contribution in [2.24, 2.45) is 17.4 Å². The molecule has 86 valence electrons. The molecule has 1 saturated carbocycles. The van der Waals surface area contributed by atoms with Crippen LogP contribution in [-0.2, 0) is 9.59 Å². The van der Waals surface area contributed by atoms with Gasteiger partial charge in [0, 0.05) is 11.5 Å². The molecule has 1 saturated heterocycles. The molecule has 0 radical (unpaired) electrons. The van der Waals surface area contributed by atoms with E-state index in [2.05, 4.69) is 5.32 Å². The van der Waals surface area contributed by atoms with E-state index in [9.17, 15) is 9.59 Å². The minimum absolute atomic E-state index is 0. The van der Waals surface area contributed by atoms with E-state index in [1.807, 2.05) is 0 Å². The van der Waals surface area contributed by atoms with Gasteiger partial charge < -0.3 is 16.8 Å². The summed E-state index contributed by atoms with van der Waals surface area (Å²) in [5, 5.41) is 2.95. The van der Waals surface area contributed by atoms with Crippen molar-refractivity contribution in [3.05, 3.63) is 0 Å². The number of carbonyl (C=O) groups excluding carboxylic acids is 2. The zero-order valence-electron chi connectivity index (χ0n) is 7.95. The van der Waals surface area contributed by atoms with Crippen LogP contribution in [0.25, 0.3) is 0 Å². The fraction of sp³-hybridized carbons (Fsp3) is 0.800. The van der Waals surface area contributed by atoms with Crippen LogP contribution < -0.4 is 16.8 Å². The van der Waals surface area contributed by atoms with Crippen molar-refractivity contribution in [1.82, 2.24) is 5.32 Å². The van der Waals surface area contributed by atoms with Gasteiger partial charge in [-0.05, 0) is 25.7 Å². The SMILES string of the molecule is C.NC(=O)[C@@H](N)CC1CC2(CC2)NC1=O. The van der Waals surface area contributed by atoms with Crippen LogP contribution in [0.5, 0.6) is 0 Å². The highest BCUT2D eigenvalue weighted by Gasteiger charge is 2.52. The van der Waals surface area contributed by atoms with Gasteiger partial charge in [0.25, 0.3) is 0 Å². The van der Waals surface area contributed by atoms with Crippen LogP contribution in [0.3, 0.4) is 0 Å². The first-order valence-electron chi connectivity index (χ1n) is 4.89. The van der Waals surface area contributed by atoms with Crippen LogP contribution in [0.4, 0.5) is 0 Å². The van der Waals surface area contributed by atoms with E-state index in [0.717, 1.165) is 19.3 Å². The van der Waals surface area contributed by atoms with Crippen molar-refractivity contribution in [2.75, 3.05) is 0 Å². The summed E-state index contributed by atoms with van der Waals surface area (Å²) < 4.78 is 0. The lowest BCUT2D eigenvalue weighted by Crippen LogP contribution is -2.39. The molecule has 2 aliphatic rings. The van der Waals surface area contributed by atoms with E-state index in [4.69, 9.17) is 11.5 Å². The van der Waals surface area contributed by atoms with Crippen LogP contribution >= 0.6 is 0 Å². The third kappa shape index (κ3) is 2.28. The molecule has 1 spiro atoms. The first-order chi connectivity index (χ1) is 6.52. The number of carbonyl (C=O) groups is 2. The van der Waals surface area contributed by atoms with E-state index in [-0.39, 0.29) is 24.8 Å². The highest BCUT2D eigenvalue weighted by molar-refractivity contribution is 5.85. The number of nitrogens with two attached hydrogens (primary N) is 2. The molecule has 5 heteroatoms. The molecule has 0 aromatic carbocycles. The zero-order chi connectivity index (χ0) is 10.3. The normalized spacial score (nSPS) is 28.1. The Labute approximate surface area is 89.6 Å². The average molecular weight is 213 g/mol. The molecule has 2 rings (SSSR count). The predicted molar refractivity (Wildman–Crippen MR) is 56.7 cm³/mol. The quantitative estimate of drug-likeness (QED) is 0.589. The van der Waals surface area contributed by atoms with Gasteiger partial charge in [-0.1, -0.05) is 7.43 Å². The Balaban J connectivity index is 0.00000112. The summed E-state index contributed by atoms with van der Waals surface area (Å²) in [5.74, 6) is -0.631. The summed E-state index contributed by atoms with van der Waals surface area (Å²) in [6.45, 7) is 0.